The molecule has 1 amide bonds. The smallest absolute Gasteiger partial charge is 0.336 e. The van der Waals surface area contributed by atoms with Crippen LogP contribution in [0, 0.1) is 6.92 Å². The van der Waals surface area contributed by atoms with Crippen molar-refractivity contribution in [3.8, 4) is 5.75 Å². The molecule has 0 aliphatic rings. The van der Waals surface area contributed by atoms with E-state index >= 15 is 0 Å². The van der Waals surface area contributed by atoms with Crippen molar-refractivity contribution >= 4 is 22.6 Å². The minimum absolute atomic E-state index is 0.400. The van der Waals surface area contributed by atoms with Gasteiger partial charge in [0.05, 0.1) is 7.11 Å². The Labute approximate surface area is 144 Å². The molecule has 2 aromatic carbocycles. The lowest BCUT2D eigenvalue weighted by Gasteiger charge is -2.13. The normalized spacial score (nSPS) is 10.6. The minimum Gasteiger partial charge on any atom is -0.497 e. The van der Waals surface area contributed by atoms with Gasteiger partial charge in [-0.3, -0.25) is 4.79 Å². The third-order valence-corrected chi connectivity index (χ3v) is 4.11. The van der Waals surface area contributed by atoms with Crippen LogP contribution in [0.3, 0.4) is 0 Å². The molecule has 0 aliphatic heterocycles. The Morgan fingerprint density at radius 3 is 2.76 bits per heavy atom. The number of ether oxygens (including phenoxy) is 1. The van der Waals surface area contributed by atoms with Crippen LogP contribution in [0.25, 0.3) is 11.0 Å². The van der Waals surface area contributed by atoms with Crippen molar-refractivity contribution < 1.29 is 13.9 Å². The fraction of sp³-hybridized carbons (Fsp3) is 0.158. The van der Waals surface area contributed by atoms with Gasteiger partial charge >= 0.3 is 5.63 Å². The molecule has 0 fully saturated rings. The number of fused-ring (bicyclic) bond motifs is 1. The van der Waals surface area contributed by atoms with Gasteiger partial charge in [0, 0.05) is 35.3 Å². The van der Waals surface area contributed by atoms with E-state index in [1.807, 2.05) is 25.1 Å². The molecule has 0 saturated carbocycles. The van der Waals surface area contributed by atoms with Gasteiger partial charge in [0.1, 0.15) is 11.3 Å². The molecule has 0 unspecified atom stereocenters. The molecule has 0 bridgehead atoms. The first-order chi connectivity index (χ1) is 12.0. The predicted octanol–water partition coefficient (Wildman–Crippen LogP) is 2.82. The maximum absolute atomic E-state index is 11.8. The van der Waals surface area contributed by atoms with Crippen molar-refractivity contribution in [1.29, 1.82) is 0 Å². The van der Waals surface area contributed by atoms with E-state index in [1.54, 1.807) is 25.3 Å². The average Bonchev–Trinajstić information content (AvgIpc) is 2.59. The Hall–Kier alpha value is -3.28. The van der Waals surface area contributed by atoms with Crippen LogP contribution in [0.1, 0.15) is 21.5 Å². The van der Waals surface area contributed by atoms with Crippen molar-refractivity contribution in [3.63, 3.8) is 0 Å². The average molecular weight is 338 g/mol. The highest BCUT2D eigenvalue weighted by Gasteiger charge is 2.10. The van der Waals surface area contributed by atoms with Gasteiger partial charge in [-0.15, -0.1) is 0 Å². The van der Waals surface area contributed by atoms with Crippen LogP contribution >= 0.6 is 0 Å². The molecule has 3 N–H and O–H groups in total. The van der Waals surface area contributed by atoms with Crippen molar-refractivity contribution in [3.05, 3.63) is 69.6 Å². The van der Waals surface area contributed by atoms with Crippen LogP contribution in [0.2, 0.25) is 0 Å². The first-order valence-electron chi connectivity index (χ1n) is 7.73. The lowest BCUT2D eigenvalue weighted by Crippen LogP contribution is -2.14. The molecular formula is C19H18N2O4. The molecule has 25 heavy (non-hydrogen) atoms. The molecule has 128 valence electrons. The zero-order valence-corrected chi connectivity index (χ0v) is 14.0. The van der Waals surface area contributed by atoms with Crippen molar-refractivity contribution in [2.75, 3.05) is 12.4 Å². The molecule has 0 aliphatic carbocycles. The van der Waals surface area contributed by atoms with E-state index in [4.69, 9.17) is 14.9 Å². The summed E-state index contributed by atoms with van der Waals surface area (Å²) in [5.74, 6) is 0.143. The molecule has 1 heterocycles. The predicted molar refractivity (Wildman–Crippen MR) is 96.1 cm³/mol. The molecule has 6 heteroatoms. The number of carbonyl (C=O) groups excluding carboxylic acids is 1. The standard InChI is InChI=1S/C19H18N2O4/c1-11-14(19(20)23)4-3-5-16(11)21-10-12-8-18(22)25-17-9-13(24-2)6-7-15(12)17/h3-9,21H,10H2,1-2H3,(H2,20,23). The highest BCUT2D eigenvalue weighted by atomic mass is 16.5. The number of hydrogen-bond donors (Lipinski definition) is 2. The fourth-order valence-corrected chi connectivity index (χ4v) is 2.77. The Balaban J connectivity index is 1.95. The number of amides is 1. The molecule has 0 radical (unpaired) electrons. The number of nitrogens with one attached hydrogen (secondary N) is 1. The SMILES string of the molecule is COc1ccc2c(CNc3cccc(C(N)=O)c3C)cc(=O)oc2c1. The second-order valence-corrected chi connectivity index (χ2v) is 5.65. The van der Waals surface area contributed by atoms with E-state index in [0.29, 0.717) is 23.4 Å². The second kappa shape index (κ2) is 6.68. The van der Waals surface area contributed by atoms with Crippen LogP contribution in [0.4, 0.5) is 5.69 Å². The van der Waals surface area contributed by atoms with E-state index in [9.17, 15) is 9.59 Å². The summed E-state index contributed by atoms with van der Waals surface area (Å²) in [5, 5.41) is 4.07. The maximum Gasteiger partial charge on any atom is 0.336 e. The molecule has 3 rings (SSSR count). The number of rotatable bonds is 5. The van der Waals surface area contributed by atoms with E-state index < -0.39 is 11.5 Å². The zero-order valence-electron chi connectivity index (χ0n) is 14.0. The van der Waals surface area contributed by atoms with Crippen molar-refractivity contribution in [2.24, 2.45) is 5.73 Å². The van der Waals surface area contributed by atoms with E-state index in [2.05, 4.69) is 5.32 Å². The lowest BCUT2D eigenvalue weighted by molar-refractivity contribution is 0.1000. The summed E-state index contributed by atoms with van der Waals surface area (Å²) in [6.07, 6.45) is 0. The maximum atomic E-state index is 11.8. The lowest BCUT2D eigenvalue weighted by atomic mass is 10.1. The molecule has 0 atom stereocenters. The number of anilines is 1. The fourth-order valence-electron chi connectivity index (χ4n) is 2.77. The third-order valence-electron chi connectivity index (χ3n) is 4.11. The van der Waals surface area contributed by atoms with Gasteiger partial charge in [-0.1, -0.05) is 6.07 Å². The first kappa shape index (κ1) is 16.6. The second-order valence-electron chi connectivity index (χ2n) is 5.65. The zero-order chi connectivity index (χ0) is 18.0. The molecule has 1 aromatic heterocycles. The monoisotopic (exact) mass is 338 g/mol. The van der Waals surface area contributed by atoms with Crippen LogP contribution in [-0.2, 0) is 6.54 Å². The summed E-state index contributed by atoms with van der Waals surface area (Å²) in [6, 6.07) is 12.1. The summed E-state index contributed by atoms with van der Waals surface area (Å²) in [6.45, 7) is 2.22. The van der Waals surface area contributed by atoms with Gasteiger partial charge in [-0.25, -0.2) is 4.79 Å². The number of carbonyl (C=O) groups is 1. The van der Waals surface area contributed by atoms with Gasteiger partial charge in [0.2, 0.25) is 5.91 Å². The van der Waals surface area contributed by atoms with Gasteiger partial charge in [-0.05, 0) is 42.3 Å². The van der Waals surface area contributed by atoms with Gasteiger partial charge in [-0.2, -0.15) is 0 Å². The number of hydrogen-bond acceptors (Lipinski definition) is 5. The highest BCUT2D eigenvalue weighted by molar-refractivity contribution is 5.95. The van der Waals surface area contributed by atoms with E-state index in [1.165, 1.54) is 6.07 Å². The molecule has 0 saturated heterocycles. The van der Waals surface area contributed by atoms with Gasteiger partial charge < -0.3 is 20.2 Å². The first-order valence-corrected chi connectivity index (χ1v) is 7.73. The number of nitrogens with two attached hydrogens (primary N) is 1. The molecule has 0 spiro atoms. The number of methoxy groups -OCH3 is 1. The van der Waals surface area contributed by atoms with Crippen LogP contribution < -0.4 is 21.4 Å². The number of benzene rings is 2. The summed E-state index contributed by atoms with van der Waals surface area (Å²) in [4.78, 5) is 23.3. The summed E-state index contributed by atoms with van der Waals surface area (Å²) in [7, 11) is 1.55. The van der Waals surface area contributed by atoms with Gasteiger partial charge in [0.25, 0.3) is 0 Å². The van der Waals surface area contributed by atoms with E-state index in [0.717, 1.165) is 22.2 Å². The Morgan fingerprint density at radius 1 is 1.24 bits per heavy atom. The Kier molecular flexibility index (Phi) is 4.43. The summed E-state index contributed by atoms with van der Waals surface area (Å²) < 4.78 is 10.4. The Bertz CT molecular complexity index is 1010. The van der Waals surface area contributed by atoms with E-state index in [-0.39, 0.29) is 0 Å². The highest BCUT2D eigenvalue weighted by Crippen LogP contribution is 2.24. The summed E-state index contributed by atoms with van der Waals surface area (Å²) in [5.41, 5.74) is 8.22. The number of primary amides is 1. The third kappa shape index (κ3) is 3.33. The molecular weight excluding hydrogens is 320 g/mol. The van der Waals surface area contributed by atoms with Gasteiger partial charge in [0.15, 0.2) is 0 Å². The van der Waals surface area contributed by atoms with Crippen molar-refractivity contribution in [2.45, 2.75) is 13.5 Å². The molecule has 3 aromatic rings. The topological polar surface area (TPSA) is 94.6 Å². The molecule has 6 nitrogen and oxygen atoms in total. The summed E-state index contributed by atoms with van der Waals surface area (Å²) >= 11 is 0. The van der Waals surface area contributed by atoms with Crippen molar-refractivity contribution in [1.82, 2.24) is 0 Å². The van der Waals surface area contributed by atoms with Crippen LogP contribution in [0.5, 0.6) is 5.75 Å². The van der Waals surface area contributed by atoms with Crippen LogP contribution in [0.15, 0.2) is 51.7 Å². The Morgan fingerprint density at radius 2 is 2.04 bits per heavy atom. The van der Waals surface area contributed by atoms with Crippen LogP contribution in [-0.4, -0.2) is 13.0 Å². The quantitative estimate of drug-likeness (QED) is 0.698. The largest absolute Gasteiger partial charge is 0.497 e. The minimum atomic E-state index is -0.473.